The summed E-state index contributed by atoms with van der Waals surface area (Å²) in [6.45, 7) is 59.4. The summed E-state index contributed by atoms with van der Waals surface area (Å²) < 4.78 is 0. The fourth-order valence-corrected chi connectivity index (χ4v) is 13.3. The minimum atomic E-state index is -0.297. The van der Waals surface area contributed by atoms with Gasteiger partial charge in [-0.3, -0.25) is 24.0 Å². The number of amides is 5. The van der Waals surface area contributed by atoms with Crippen molar-refractivity contribution in [1.29, 1.82) is 0 Å². The lowest BCUT2D eigenvalue weighted by atomic mass is 9.79. The Morgan fingerprint density at radius 2 is 0.342 bits per heavy atom. The van der Waals surface area contributed by atoms with Gasteiger partial charge in [0, 0.05) is 120 Å². The highest BCUT2D eigenvalue weighted by atomic mass is 16.5. The van der Waals surface area contributed by atoms with Gasteiger partial charge in [-0.05, 0) is 203 Å². The van der Waals surface area contributed by atoms with Crippen molar-refractivity contribution in [3.63, 3.8) is 0 Å². The molecule has 0 aromatic carbocycles. The molecule has 10 N–H and O–H groups in total. The summed E-state index contributed by atoms with van der Waals surface area (Å²) in [4.78, 5) is 55.1. The van der Waals surface area contributed by atoms with Crippen molar-refractivity contribution in [2.45, 2.75) is 323 Å². The Morgan fingerprint density at radius 3 is 0.405 bits per heavy atom. The third-order valence-electron chi connectivity index (χ3n) is 15.2. The van der Waals surface area contributed by atoms with E-state index in [1.807, 2.05) is 138 Å². The second kappa shape index (κ2) is 29.6. The van der Waals surface area contributed by atoms with Crippen LogP contribution in [0.25, 0.3) is 0 Å². The molecule has 5 saturated heterocycles. The quantitative estimate of drug-likeness (QED) is 0.115. The highest BCUT2D eigenvalue weighted by molar-refractivity contribution is 5.74. The molecule has 5 aliphatic heterocycles. The van der Waals surface area contributed by atoms with E-state index in [9.17, 15) is 50.0 Å². The van der Waals surface area contributed by atoms with Crippen LogP contribution in [-0.2, 0) is 24.0 Å². The standard InChI is InChI=1S/5C11H22N2O2.2C2H4/c5*1-8(14)12-9-6-10(2,3)13(15)11(4,5)7-9;2*1-2/h5*9,15H,6-7H2,1-5H3,(H,12,14);2*1-2H2. The average Bonchev–Trinajstić information content (AvgIpc) is 3.22. The van der Waals surface area contributed by atoms with E-state index in [1.54, 1.807) is 0 Å². The second-order valence-corrected chi connectivity index (χ2v) is 28.7. The molecule has 0 radical (unpaired) electrons. The Hall–Kier alpha value is -3.57. The molecule has 0 spiro atoms. The number of nitrogens with one attached hydrogen (secondary N) is 5. The number of hydroxylamine groups is 10. The van der Waals surface area contributed by atoms with Gasteiger partial charge in [0.15, 0.2) is 0 Å². The van der Waals surface area contributed by atoms with Gasteiger partial charge in [-0.2, -0.15) is 25.3 Å². The third-order valence-corrected chi connectivity index (χ3v) is 15.2. The molecule has 20 heteroatoms. The van der Waals surface area contributed by atoms with Crippen molar-refractivity contribution >= 4 is 29.5 Å². The van der Waals surface area contributed by atoms with Gasteiger partial charge in [0.05, 0.1) is 0 Å². The number of carbonyl (C=O) groups excluding carboxylic acids is 5. The van der Waals surface area contributed by atoms with Gasteiger partial charge in [0.2, 0.25) is 29.5 Å². The SMILES string of the molecule is C=C.C=C.CC(=O)NC1CC(C)(C)N(O)C(C)(C)C1.CC(=O)NC1CC(C)(C)N(O)C(C)(C)C1.CC(=O)NC1CC(C)(C)N(O)C(C)(C)C1.CC(=O)NC1CC(C)(C)N(O)C(C)(C)C1.CC(=O)NC1CC(C)(C)N(O)C(C)(C)C1. The first-order valence-electron chi connectivity index (χ1n) is 28.1. The van der Waals surface area contributed by atoms with Crippen molar-refractivity contribution in [2.75, 3.05) is 0 Å². The van der Waals surface area contributed by atoms with Crippen LogP contribution < -0.4 is 26.6 Å². The summed E-state index contributed by atoms with van der Waals surface area (Å²) in [7, 11) is 0. The second-order valence-electron chi connectivity index (χ2n) is 28.7. The predicted octanol–water partition coefficient (Wildman–Crippen LogP) is 9.27. The fourth-order valence-electron chi connectivity index (χ4n) is 13.3. The molecule has 20 nitrogen and oxygen atoms in total. The maximum atomic E-state index is 11.0. The zero-order valence-corrected chi connectivity index (χ0v) is 54.3. The topological polar surface area (TPSA) is 263 Å². The summed E-state index contributed by atoms with van der Waals surface area (Å²) in [5.74, 6) is -0.00931. The minimum Gasteiger partial charge on any atom is -0.353 e. The van der Waals surface area contributed by atoms with E-state index < -0.39 is 0 Å². The summed E-state index contributed by atoms with van der Waals surface area (Å²) in [5, 5.41) is 71.9. The van der Waals surface area contributed by atoms with Crippen LogP contribution in [0.4, 0.5) is 0 Å². The Morgan fingerprint density at radius 1 is 0.266 bits per heavy atom. The molecule has 464 valence electrons. The number of hydrogen-bond donors (Lipinski definition) is 10. The molecule has 0 saturated carbocycles. The summed E-state index contributed by atoms with van der Waals surface area (Å²) in [6, 6.07) is 0.745. The average molecular weight is 1130 g/mol. The zero-order valence-electron chi connectivity index (χ0n) is 54.3. The number of hydrogen-bond acceptors (Lipinski definition) is 15. The first kappa shape index (κ1) is 77.5. The van der Waals surface area contributed by atoms with Crippen LogP contribution in [0.15, 0.2) is 26.3 Å². The van der Waals surface area contributed by atoms with E-state index in [1.165, 1.54) is 59.9 Å². The Labute approximate surface area is 479 Å². The van der Waals surface area contributed by atoms with Gasteiger partial charge in [0.25, 0.3) is 0 Å². The Balaban J connectivity index is 0. The van der Waals surface area contributed by atoms with E-state index in [4.69, 9.17) is 0 Å². The molecule has 5 aliphatic rings. The van der Waals surface area contributed by atoms with Gasteiger partial charge in [-0.25, -0.2) is 0 Å². The number of carbonyl (C=O) groups is 5. The molecule has 0 unspecified atom stereocenters. The van der Waals surface area contributed by atoms with Crippen molar-refractivity contribution in [3.05, 3.63) is 26.3 Å². The first-order valence-corrected chi connectivity index (χ1v) is 28.1. The van der Waals surface area contributed by atoms with Gasteiger partial charge in [0.1, 0.15) is 0 Å². The van der Waals surface area contributed by atoms with Gasteiger partial charge < -0.3 is 52.6 Å². The number of piperidine rings is 5. The lowest BCUT2D eigenvalue weighted by molar-refractivity contribution is -0.246. The van der Waals surface area contributed by atoms with Crippen LogP contribution in [-0.4, -0.2) is 166 Å². The normalized spacial score (nSPS) is 25.0. The monoisotopic (exact) mass is 1130 g/mol. The van der Waals surface area contributed by atoms with Gasteiger partial charge in [-0.15, -0.1) is 26.3 Å². The Kier molecular flexibility index (Phi) is 29.0. The molecule has 0 aromatic rings. The van der Waals surface area contributed by atoms with E-state index >= 15 is 0 Å². The molecular formula is C59H118N10O10. The van der Waals surface area contributed by atoms with Crippen LogP contribution in [0.5, 0.6) is 0 Å². The molecule has 5 amide bonds. The van der Waals surface area contributed by atoms with Crippen molar-refractivity contribution in [2.24, 2.45) is 0 Å². The van der Waals surface area contributed by atoms with Crippen LogP contribution in [0.2, 0.25) is 0 Å². The smallest absolute Gasteiger partial charge is 0.217 e. The maximum absolute atomic E-state index is 11.0. The highest BCUT2D eigenvalue weighted by Crippen LogP contribution is 2.40. The molecule has 5 fully saturated rings. The van der Waals surface area contributed by atoms with Crippen LogP contribution in [0.3, 0.4) is 0 Å². The maximum Gasteiger partial charge on any atom is 0.217 e. The minimum absolute atomic E-state index is 0.00186. The van der Waals surface area contributed by atoms with E-state index in [2.05, 4.69) is 52.9 Å². The van der Waals surface area contributed by atoms with E-state index in [0.717, 1.165) is 64.2 Å². The van der Waals surface area contributed by atoms with E-state index in [0.29, 0.717) is 0 Å². The molecule has 5 heterocycles. The Bertz CT molecular complexity index is 1560. The molecule has 5 rings (SSSR count). The van der Waals surface area contributed by atoms with Crippen molar-refractivity contribution < 1.29 is 50.0 Å². The van der Waals surface area contributed by atoms with Crippen LogP contribution in [0, 0.1) is 0 Å². The van der Waals surface area contributed by atoms with Crippen LogP contribution in [0.1, 0.15) is 237 Å². The summed E-state index contributed by atoms with van der Waals surface area (Å²) in [5.41, 5.74) is -2.97. The fraction of sp³-hybridized carbons (Fsp3) is 0.847. The molecular weight excluding hydrogens is 1010 g/mol. The molecule has 0 atom stereocenters. The lowest BCUT2D eigenvalue weighted by Gasteiger charge is -2.51. The lowest BCUT2D eigenvalue weighted by Crippen LogP contribution is -2.62. The highest BCUT2D eigenvalue weighted by Gasteiger charge is 2.49. The van der Waals surface area contributed by atoms with Crippen molar-refractivity contribution in [1.82, 2.24) is 51.9 Å². The van der Waals surface area contributed by atoms with Gasteiger partial charge >= 0.3 is 0 Å². The largest absolute Gasteiger partial charge is 0.353 e. The number of rotatable bonds is 5. The third kappa shape index (κ3) is 24.4. The molecule has 79 heavy (non-hydrogen) atoms. The molecule has 0 aromatic heterocycles. The van der Waals surface area contributed by atoms with Gasteiger partial charge in [-0.1, -0.05) is 0 Å². The van der Waals surface area contributed by atoms with Crippen molar-refractivity contribution in [3.8, 4) is 0 Å². The molecule has 0 bridgehead atoms. The zero-order chi connectivity index (χ0) is 63.3. The predicted molar refractivity (Wildman–Crippen MR) is 316 cm³/mol. The van der Waals surface area contributed by atoms with Crippen LogP contribution >= 0.6 is 0 Å². The van der Waals surface area contributed by atoms with E-state index in [-0.39, 0.29) is 115 Å². The summed E-state index contributed by atoms with van der Waals surface area (Å²) in [6.07, 6.45) is 7.70. The summed E-state index contributed by atoms with van der Waals surface area (Å²) >= 11 is 0. The number of nitrogens with zero attached hydrogens (tertiary/aromatic N) is 5. The first-order chi connectivity index (χ1) is 35.2. The molecule has 0 aliphatic carbocycles.